The molecule has 0 bridgehead atoms. The number of anilines is 1. The Balaban J connectivity index is 2.51. The molecule has 24 heavy (non-hydrogen) atoms. The number of hydrogen-bond donors (Lipinski definition) is 1. The third-order valence-electron chi connectivity index (χ3n) is 4.25. The van der Waals surface area contributed by atoms with Crippen LogP contribution >= 0.6 is 15.9 Å². The van der Waals surface area contributed by atoms with Gasteiger partial charge in [0.05, 0.1) is 18.5 Å². The number of nitrogen functional groups attached to an aromatic ring is 1. The van der Waals surface area contributed by atoms with Gasteiger partial charge in [0.2, 0.25) is 0 Å². The summed E-state index contributed by atoms with van der Waals surface area (Å²) in [5, 5.41) is 10.3. The molecule has 0 aliphatic carbocycles. The SMILES string of the molecule is COc1ccc(C)c(-n2c(N)c(C#N)c3cc(Br)c(C)nc32)c1C. The molecule has 5 nitrogen and oxygen atoms in total. The number of nitriles is 1. The van der Waals surface area contributed by atoms with E-state index in [0.29, 0.717) is 17.0 Å². The van der Waals surface area contributed by atoms with Gasteiger partial charge in [-0.1, -0.05) is 6.07 Å². The van der Waals surface area contributed by atoms with Gasteiger partial charge in [0.25, 0.3) is 0 Å². The van der Waals surface area contributed by atoms with E-state index in [4.69, 9.17) is 10.5 Å². The molecule has 2 N–H and O–H groups in total. The second kappa shape index (κ2) is 5.84. The molecule has 0 radical (unpaired) electrons. The summed E-state index contributed by atoms with van der Waals surface area (Å²) >= 11 is 3.48. The second-order valence-electron chi connectivity index (χ2n) is 5.69. The van der Waals surface area contributed by atoms with Crippen LogP contribution in [0.4, 0.5) is 5.82 Å². The first-order valence-electron chi connectivity index (χ1n) is 7.42. The highest BCUT2D eigenvalue weighted by molar-refractivity contribution is 9.10. The number of fused-ring (bicyclic) bond motifs is 1. The molecule has 122 valence electrons. The second-order valence-corrected chi connectivity index (χ2v) is 6.55. The van der Waals surface area contributed by atoms with Crippen LogP contribution in [0.15, 0.2) is 22.7 Å². The number of aromatic nitrogens is 2. The van der Waals surface area contributed by atoms with Crippen molar-refractivity contribution in [2.75, 3.05) is 12.8 Å². The minimum atomic E-state index is 0.386. The van der Waals surface area contributed by atoms with Crippen molar-refractivity contribution in [2.45, 2.75) is 20.8 Å². The number of ether oxygens (including phenoxy) is 1. The highest BCUT2D eigenvalue weighted by Crippen LogP contribution is 2.36. The van der Waals surface area contributed by atoms with Crippen molar-refractivity contribution < 1.29 is 4.74 Å². The Kier molecular flexibility index (Phi) is 3.98. The monoisotopic (exact) mass is 384 g/mol. The number of pyridine rings is 1. The van der Waals surface area contributed by atoms with Gasteiger partial charge >= 0.3 is 0 Å². The molecule has 2 aromatic heterocycles. The van der Waals surface area contributed by atoms with Gasteiger partial charge in [-0.2, -0.15) is 5.26 Å². The zero-order valence-electron chi connectivity index (χ0n) is 13.9. The lowest BCUT2D eigenvalue weighted by Crippen LogP contribution is -2.07. The van der Waals surface area contributed by atoms with E-state index >= 15 is 0 Å². The summed E-state index contributed by atoms with van der Waals surface area (Å²) in [7, 11) is 1.64. The Morgan fingerprint density at radius 1 is 1.29 bits per heavy atom. The van der Waals surface area contributed by atoms with Crippen LogP contribution in [-0.2, 0) is 0 Å². The first-order chi connectivity index (χ1) is 11.4. The van der Waals surface area contributed by atoms with E-state index in [1.807, 2.05) is 43.5 Å². The molecule has 3 aromatic rings. The summed E-state index contributed by atoms with van der Waals surface area (Å²) in [6, 6.07) is 8.00. The fraction of sp³-hybridized carbons (Fsp3) is 0.222. The number of rotatable bonds is 2. The highest BCUT2D eigenvalue weighted by atomic mass is 79.9. The topological polar surface area (TPSA) is 76.9 Å². The number of hydrogen-bond acceptors (Lipinski definition) is 4. The van der Waals surface area contributed by atoms with E-state index in [1.165, 1.54) is 0 Å². The van der Waals surface area contributed by atoms with E-state index in [9.17, 15) is 5.26 Å². The summed E-state index contributed by atoms with van der Waals surface area (Å²) in [6.45, 7) is 5.89. The molecule has 0 aliphatic heterocycles. The Hall–Kier alpha value is -2.52. The molecule has 1 aromatic carbocycles. The molecule has 2 heterocycles. The van der Waals surface area contributed by atoms with E-state index in [-0.39, 0.29) is 0 Å². The first kappa shape index (κ1) is 16.3. The van der Waals surface area contributed by atoms with Gasteiger partial charge in [0.1, 0.15) is 28.8 Å². The summed E-state index contributed by atoms with van der Waals surface area (Å²) in [5.41, 5.74) is 11.1. The number of nitrogens with two attached hydrogens (primary N) is 1. The van der Waals surface area contributed by atoms with Crippen molar-refractivity contribution >= 4 is 32.8 Å². The van der Waals surface area contributed by atoms with Crippen molar-refractivity contribution in [1.82, 2.24) is 9.55 Å². The van der Waals surface area contributed by atoms with E-state index < -0.39 is 0 Å². The maximum atomic E-state index is 9.57. The lowest BCUT2D eigenvalue weighted by molar-refractivity contribution is 0.411. The molecular weight excluding hydrogens is 368 g/mol. The van der Waals surface area contributed by atoms with Crippen LogP contribution in [0, 0.1) is 32.1 Å². The average Bonchev–Trinajstić information content (AvgIpc) is 2.80. The lowest BCUT2D eigenvalue weighted by Gasteiger charge is -2.16. The maximum Gasteiger partial charge on any atom is 0.147 e. The van der Waals surface area contributed by atoms with Crippen molar-refractivity contribution in [1.29, 1.82) is 5.26 Å². The zero-order chi connectivity index (χ0) is 17.6. The summed E-state index contributed by atoms with van der Waals surface area (Å²) in [5.74, 6) is 1.15. The van der Waals surface area contributed by atoms with Gasteiger partial charge in [-0.3, -0.25) is 4.57 Å². The van der Waals surface area contributed by atoms with Gasteiger partial charge in [0, 0.05) is 15.4 Å². The lowest BCUT2D eigenvalue weighted by atomic mass is 10.1. The molecule has 0 spiro atoms. The van der Waals surface area contributed by atoms with E-state index in [2.05, 4.69) is 27.0 Å². The predicted octanol–water partition coefficient (Wildman–Crippen LogP) is 4.18. The summed E-state index contributed by atoms with van der Waals surface area (Å²) < 4.78 is 8.14. The third-order valence-corrected chi connectivity index (χ3v) is 5.05. The minimum Gasteiger partial charge on any atom is -0.496 e. The number of halogens is 1. The molecule has 0 saturated carbocycles. The molecule has 0 unspecified atom stereocenters. The number of nitrogens with zero attached hydrogens (tertiary/aromatic N) is 3. The Bertz CT molecular complexity index is 1010. The standard InChI is InChI=1S/C18H17BrN4O/c1-9-5-6-15(24-4)10(2)16(9)23-17(21)13(8-20)12-7-14(19)11(3)22-18(12)23/h5-7H,21H2,1-4H3. The molecule has 0 saturated heterocycles. The zero-order valence-corrected chi connectivity index (χ0v) is 15.5. The quantitative estimate of drug-likeness (QED) is 0.718. The van der Waals surface area contributed by atoms with Crippen molar-refractivity contribution in [3.05, 3.63) is 45.1 Å². The van der Waals surface area contributed by atoms with Crippen LogP contribution in [-0.4, -0.2) is 16.7 Å². The number of methoxy groups -OCH3 is 1. The van der Waals surface area contributed by atoms with Crippen LogP contribution in [0.3, 0.4) is 0 Å². The summed E-state index contributed by atoms with van der Waals surface area (Å²) in [6.07, 6.45) is 0. The number of aryl methyl sites for hydroxylation is 2. The van der Waals surface area contributed by atoms with Gasteiger partial charge in [0.15, 0.2) is 0 Å². The average molecular weight is 385 g/mol. The van der Waals surface area contributed by atoms with Crippen LogP contribution in [0.5, 0.6) is 5.75 Å². The first-order valence-corrected chi connectivity index (χ1v) is 8.21. The van der Waals surface area contributed by atoms with Gasteiger partial charge < -0.3 is 10.5 Å². The molecule has 0 amide bonds. The van der Waals surface area contributed by atoms with Gasteiger partial charge in [-0.25, -0.2) is 4.98 Å². The highest BCUT2D eigenvalue weighted by Gasteiger charge is 2.21. The van der Waals surface area contributed by atoms with Crippen LogP contribution in [0.25, 0.3) is 16.7 Å². The molecule has 0 aliphatic rings. The van der Waals surface area contributed by atoms with Gasteiger partial charge in [-0.05, 0) is 54.4 Å². The van der Waals surface area contributed by atoms with E-state index in [0.717, 1.165) is 38.1 Å². The van der Waals surface area contributed by atoms with Crippen LogP contribution in [0.2, 0.25) is 0 Å². The van der Waals surface area contributed by atoms with Crippen LogP contribution in [0.1, 0.15) is 22.4 Å². The molecular formula is C18H17BrN4O. The van der Waals surface area contributed by atoms with Crippen molar-refractivity contribution in [2.24, 2.45) is 0 Å². The minimum absolute atomic E-state index is 0.386. The normalized spacial score (nSPS) is 10.8. The van der Waals surface area contributed by atoms with Crippen LogP contribution < -0.4 is 10.5 Å². The predicted molar refractivity (Wildman–Crippen MR) is 98.7 cm³/mol. The molecule has 3 rings (SSSR count). The Morgan fingerprint density at radius 3 is 2.62 bits per heavy atom. The maximum absolute atomic E-state index is 9.57. The molecule has 0 atom stereocenters. The molecule has 0 fully saturated rings. The summed E-state index contributed by atoms with van der Waals surface area (Å²) in [4.78, 5) is 4.66. The Labute approximate surface area is 148 Å². The number of benzene rings is 1. The fourth-order valence-corrected chi connectivity index (χ4v) is 3.33. The Morgan fingerprint density at radius 2 is 2.00 bits per heavy atom. The fourth-order valence-electron chi connectivity index (χ4n) is 3.01. The van der Waals surface area contributed by atoms with Crippen molar-refractivity contribution in [3.63, 3.8) is 0 Å². The largest absolute Gasteiger partial charge is 0.496 e. The van der Waals surface area contributed by atoms with Gasteiger partial charge in [-0.15, -0.1) is 0 Å². The van der Waals surface area contributed by atoms with E-state index in [1.54, 1.807) is 7.11 Å². The third kappa shape index (κ3) is 2.24. The van der Waals surface area contributed by atoms with Crippen molar-refractivity contribution in [3.8, 4) is 17.5 Å². The molecule has 6 heteroatoms. The smallest absolute Gasteiger partial charge is 0.147 e.